The molecule has 88 valence electrons. The third-order valence-electron chi connectivity index (χ3n) is 2.23. The van der Waals surface area contributed by atoms with Gasteiger partial charge >= 0.3 is 0 Å². The zero-order valence-electron chi connectivity index (χ0n) is 9.29. The molecule has 2 aromatic heterocycles. The molecule has 2 aromatic rings. The third kappa shape index (κ3) is 2.57. The van der Waals surface area contributed by atoms with E-state index in [1.54, 1.807) is 24.0 Å². The third-order valence-corrected chi connectivity index (χ3v) is 2.23. The number of aryl methyl sites for hydroxylation is 1. The quantitative estimate of drug-likeness (QED) is 0.758. The van der Waals surface area contributed by atoms with Gasteiger partial charge in [0.05, 0.1) is 6.54 Å². The monoisotopic (exact) mass is 232 g/mol. The first kappa shape index (κ1) is 11.1. The first-order valence-corrected chi connectivity index (χ1v) is 4.99. The van der Waals surface area contributed by atoms with Crippen LogP contribution in [0.3, 0.4) is 0 Å². The van der Waals surface area contributed by atoms with Crippen LogP contribution >= 0.6 is 0 Å². The van der Waals surface area contributed by atoms with Crippen molar-refractivity contribution in [2.45, 2.75) is 6.54 Å². The van der Waals surface area contributed by atoms with Crippen LogP contribution < -0.4 is 11.1 Å². The molecule has 2 rings (SSSR count). The number of carbonyl (C=O) groups is 1. The molecule has 7 nitrogen and oxygen atoms in total. The maximum Gasteiger partial charge on any atom is 0.270 e. The number of hydrogen-bond acceptors (Lipinski definition) is 5. The fourth-order valence-corrected chi connectivity index (χ4v) is 1.29. The minimum Gasteiger partial charge on any atom is -0.399 e. The molecule has 0 unspecified atom stereocenters. The second kappa shape index (κ2) is 4.60. The lowest BCUT2D eigenvalue weighted by Gasteiger charge is -2.04. The lowest BCUT2D eigenvalue weighted by molar-refractivity contribution is 0.0944. The van der Waals surface area contributed by atoms with E-state index in [9.17, 15) is 4.79 Å². The van der Waals surface area contributed by atoms with Gasteiger partial charge in [0, 0.05) is 18.9 Å². The summed E-state index contributed by atoms with van der Waals surface area (Å²) < 4.78 is 1.73. The van der Waals surface area contributed by atoms with Crippen molar-refractivity contribution in [2.75, 3.05) is 5.73 Å². The van der Waals surface area contributed by atoms with Gasteiger partial charge in [0.15, 0.2) is 5.82 Å². The van der Waals surface area contributed by atoms with Gasteiger partial charge in [-0.2, -0.15) is 0 Å². The number of pyridine rings is 1. The van der Waals surface area contributed by atoms with E-state index in [1.807, 2.05) is 0 Å². The van der Waals surface area contributed by atoms with Crippen molar-refractivity contribution in [3.8, 4) is 0 Å². The molecule has 17 heavy (non-hydrogen) atoms. The molecule has 3 N–H and O–H groups in total. The Labute approximate surface area is 97.7 Å². The van der Waals surface area contributed by atoms with Crippen LogP contribution in [-0.4, -0.2) is 25.7 Å². The number of hydrogen-bond donors (Lipinski definition) is 2. The van der Waals surface area contributed by atoms with E-state index in [2.05, 4.69) is 20.5 Å². The number of rotatable bonds is 3. The van der Waals surface area contributed by atoms with Gasteiger partial charge in [-0.15, -0.1) is 10.2 Å². The van der Waals surface area contributed by atoms with Crippen LogP contribution in [0.1, 0.15) is 16.3 Å². The van der Waals surface area contributed by atoms with Gasteiger partial charge < -0.3 is 15.6 Å². The Morgan fingerprint density at radius 1 is 1.59 bits per heavy atom. The molecule has 2 heterocycles. The van der Waals surface area contributed by atoms with Crippen LogP contribution in [0.4, 0.5) is 5.69 Å². The van der Waals surface area contributed by atoms with Crippen molar-refractivity contribution in [3.63, 3.8) is 0 Å². The number of anilines is 1. The molecule has 7 heteroatoms. The molecule has 0 saturated heterocycles. The van der Waals surface area contributed by atoms with E-state index in [0.717, 1.165) is 0 Å². The molecular formula is C10H12N6O. The molecule has 0 bridgehead atoms. The summed E-state index contributed by atoms with van der Waals surface area (Å²) in [5.74, 6) is 0.377. The molecule has 0 aromatic carbocycles. The summed E-state index contributed by atoms with van der Waals surface area (Å²) in [6, 6.07) is 3.14. The first-order valence-electron chi connectivity index (χ1n) is 4.99. The predicted octanol–water partition coefficient (Wildman–Crippen LogP) is -0.278. The highest BCUT2D eigenvalue weighted by molar-refractivity contribution is 5.92. The van der Waals surface area contributed by atoms with Crippen molar-refractivity contribution >= 4 is 11.6 Å². The molecule has 0 aliphatic heterocycles. The smallest absolute Gasteiger partial charge is 0.270 e. The Hall–Kier alpha value is -2.44. The predicted molar refractivity (Wildman–Crippen MR) is 60.8 cm³/mol. The fraction of sp³-hybridized carbons (Fsp3) is 0.200. The van der Waals surface area contributed by atoms with Crippen LogP contribution in [0.25, 0.3) is 0 Å². The minimum absolute atomic E-state index is 0.284. The number of aromatic nitrogens is 4. The zero-order chi connectivity index (χ0) is 12.3. The molecule has 0 atom stereocenters. The van der Waals surface area contributed by atoms with E-state index < -0.39 is 0 Å². The maximum atomic E-state index is 11.7. The molecular weight excluding hydrogens is 220 g/mol. The van der Waals surface area contributed by atoms with Crippen molar-refractivity contribution in [3.05, 3.63) is 36.2 Å². The van der Waals surface area contributed by atoms with Crippen LogP contribution in [0.15, 0.2) is 24.7 Å². The Bertz CT molecular complexity index is 535. The highest BCUT2D eigenvalue weighted by atomic mass is 16.1. The summed E-state index contributed by atoms with van der Waals surface area (Å²) in [5.41, 5.74) is 6.35. The van der Waals surface area contributed by atoms with Gasteiger partial charge in [-0.1, -0.05) is 0 Å². The summed E-state index contributed by atoms with van der Waals surface area (Å²) in [4.78, 5) is 15.6. The molecule has 0 aliphatic rings. The molecule has 0 fully saturated rings. The van der Waals surface area contributed by atoms with E-state index in [-0.39, 0.29) is 11.6 Å². The van der Waals surface area contributed by atoms with Gasteiger partial charge in [-0.25, -0.2) is 0 Å². The Morgan fingerprint density at radius 2 is 2.41 bits per heavy atom. The Balaban J connectivity index is 2.01. The van der Waals surface area contributed by atoms with Crippen LogP contribution in [0, 0.1) is 0 Å². The average Bonchev–Trinajstić information content (AvgIpc) is 2.72. The van der Waals surface area contributed by atoms with Crippen LogP contribution in [-0.2, 0) is 13.6 Å². The van der Waals surface area contributed by atoms with Crippen molar-refractivity contribution in [2.24, 2.45) is 7.05 Å². The topological polar surface area (TPSA) is 98.7 Å². The fourth-order valence-electron chi connectivity index (χ4n) is 1.29. The van der Waals surface area contributed by atoms with Gasteiger partial charge in [0.1, 0.15) is 12.0 Å². The van der Waals surface area contributed by atoms with Crippen molar-refractivity contribution < 1.29 is 4.79 Å². The Kier molecular flexibility index (Phi) is 2.99. The summed E-state index contributed by atoms with van der Waals surface area (Å²) >= 11 is 0. The number of amides is 1. The van der Waals surface area contributed by atoms with E-state index in [1.165, 1.54) is 12.3 Å². The van der Waals surface area contributed by atoms with Crippen molar-refractivity contribution in [1.82, 2.24) is 25.1 Å². The van der Waals surface area contributed by atoms with Gasteiger partial charge in [0.2, 0.25) is 0 Å². The van der Waals surface area contributed by atoms with Gasteiger partial charge in [-0.05, 0) is 12.1 Å². The summed E-state index contributed by atoms with van der Waals surface area (Å²) in [6.07, 6.45) is 3.06. The van der Waals surface area contributed by atoms with Crippen molar-refractivity contribution in [1.29, 1.82) is 0 Å². The Morgan fingerprint density at radius 3 is 3.06 bits per heavy atom. The number of nitrogens with one attached hydrogen (secondary N) is 1. The van der Waals surface area contributed by atoms with Gasteiger partial charge in [0.25, 0.3) is 5.91 Å². The second-order valence-electron chi connectivity index (χ2n) is 3.52. The highest BCUT2D eigenvalue weighted by Gasteiger charge is 2.08. The van der Waals surface area contributed by atoms with E-state index >= 15 is 0 Å². The number of nitrogens with zero attached hydrogens (tertiary/aromatic N) is 4. The molecule has 0 aliphatic carbocycles. The first-order chi connectivity index (χ1) is 8.16. The number of nitrogens with two attached hydrogens (primary N) is 1. The van der Waals surface area contributed by atoms with E-state index in [0.29, 0.717) is 18.1 Å². The molecule has 1 amide bonds. The summed E-state index contributed by atoms with van der Waals surface area (Å²) in [5, 5.41) is 10.3. The maximum absolute atomic E-state index is 11.7. The van der Waals surface area contributed by atoms with Crippen LogP contribution in [0.5, 0.6) is 0 Å². The van der Waals surface area contributed by atoms with E-state index in [4.69, 9.17) is 5.73 Å². The number of nitrogen functional groups attached to an aromatic ring is 1. The van der Waals surface area contributed by atoms with Gasteiger partial charge in [-0.3, -0.25) is 9.78 Å². The van der Waals surface area contributed by atoms with Crippen LogP contribution in [0.2, 0.25) is 0 Å². The summed E-state index contributed by atoms with van der Waals surface area (Å²) in [6.45, 7) is 0.297. The summed E-state index contributed by atoms with van der Waals surface area (Å²) in [7, 11) is 1.81. The minimum atomic E-state index is -0.291. The lowest BCUT2D eigenvalue weighted by Crippen LogP contribution is -2.25. The SMILES string of the molecule is Cn1cnnc1CNC(=O)c1cc(N)ccn1. The second-order valence-corrected chi connectivity index (χ2v) is 3.52. The molecule has 0 spiro atoms. The lowest BCUT2D eigenvalue weighted by atomic mass is 10.3. The average molecular weight is 232 g/mol. The standard InChI is InChI=1S/C10H12N6O/c1-16-6-14-15-9(16)5-13-10(17)8-4-7(11)2-3-12-8/h2-4,6H,5H2,1H3,(H2,11,12)(H,13,17). The zero-order valence-corrected chi connectivity index (χ0v) is 9.29. The normalized spacial score (nSPS) is 10.2. The number of carbonyl (C=O) groups excluding carboxylic acids is 1. The largest absolute Gasteiger partial charge is 0.399 e. The molecule has 0 radical (unpaired) electrons. The highest BCUT2D eigenvalue weighted by Crippen LogP contribution is 2.02. The molecule has 0 saturated carbocycles.